The number of carbonyl (C=O) groups is 2. The lowest BCUT2D eigenvalue weighted by atomic mass is 9.79. The van der Waals surface area contributed by atoms with Crippen LogP contribution in [0.5, 0.6) is 0 Å². The third kappa shape index (κ3) is 4.65. The van der Waals surface area contributed by atoms with Crippen molar-refractivity contribution >= 4 is 22.7 Å². The highest BCUT2D eigenvalue weighted by Crippen LogP contribution is 2.45. The van der Waals surface area contributed by atoms with Gasteiger partial charge in [0.05, 0.1) is 18.6 Å². The first-order valence-electron chi connectivity index (χ1n) is 13.0. The van der Waals surface area contributed by atoms with Gasteiger partial charge in [-0.3, -0.25) is 9.59 Å². The Morgan fingerprint density at radius 2 is 1.78 bits per heavy atom. The van der Waals surface area contributed by atoms with Crippen molar-refractivity contribution in [2.45, 2.75) is 31.2 Å². The van der Waals surface area contributed by atoms with Gasteiger partial charge in [-0.05, 0) is 56.6 Å². The summed E-state index contributed by atoms with van der Waals surface area (Å²) >= 11 is 0. The summed E-state index contributed by atoms with van der Waals surface area (Å²) in [5, 5.41) is 4.28. The molecule has 5 rings (SSSR count). The molecule has 0 radical (unpaired) electrons. The van der Waals surface area contributed by atoms with Gasteiger partial charge in [0.1, 0.15) is 0 Å². The second-order valence-corrected chi connectivity index (χ2v) is 9.91. The van der Waals surface area contributed by atoms with Crippen molar-refractivity contribution in [2.75, 3.05) is 46.4 Å². The number of hydrogen-bond acceptors (Lipinski definition) is 4. The van der Waals surface area contributed by atoms with E-state index in [0.717, 1.165) is 48.1 Å². The van der Waals surface area contributed by atoms with E-state index in [1.54, 1.807) is 7.11 Å². The quantitative estimate of drug-likeness (QED) is 0.467. The zero-order valence-corrected chi connectivity index (χ0v) is 21.3. The van der Waals surface area contributed by atoms with Crippen LogP contribution in [-0.2, 0) is 16.6 Å². The highest BCUT2D eigenvalue weighted by molar-refractivity contribution is 6.02. The highest BCUT2D eigenvalue weighted by Gasteiger charge is 2.44. The second kappa shape index (κ2) is 10.8. The predicted molar refractivity (Wildman–Crippen MR) is 141 cm³/mol. The minimum Gasteiger partial charge on any atom is -0.383 e. The van der Waals surface area contributed by atoms with E-state index in [4.69, 9.17) is 4.74 Å². The molecule has 1 N–H and O–H groups in total. The van der Waals surface area contributed by atoms with Crippen molar-refractivity contribution in [3.05, 3.63) is 71.4 Å². The number of carbonyl (C=O) groups excluding carboxylic acids is 2. The van der Waals surface area contributed by atoms with Gasteiger partial charge in [-0.1, -0.05) is 36.4 Å². The van der Waals surface area contributed by atoms with Gasteiger partial charge < -0.3 is 24.4 Å². The normalized spacial score (nSPS) is 20.2. The predicted octanol–water partition coefficient (Wildman–Crippen LogP) is 3.71. The van der Waals surface area contributed by atoms with E-state index >= 15 is 0 Å². The van der Waals surface area contributed by atoms with Gasteiger partial charge in [0.15, 0.2) is 0 Å². The summed E-state index contributed by atoms with van der Waals surface area (Å²) in [6, 6.07) is 15.3. The maximum absolute atomic E-state index is 13.9. The maximum atomic E-state index is 13.9. The number of nitrogens with one attached hydrogen (secondary N) is 1. The Kier molecular flexibility index (Phi) is 7.39. The van der Waals surface area contributed by atoms with E-state index in [9.17, 15) is 9.59 Å². The average molecular weight is 489 g/mol. The molecule has 36 heavy (non-hydrogen) atoms. The summed E-state index contributed by atoms with van der Waals surface area (Å²) in [5.74, 6) is -0.594. The van der Waals surface area contributed by atoms with Crippen LogP contribution in [0.2, 0.25) is 0 Å². The minimum absolute atomic E-state index is 0.0308. The molecule has 7 heteroatoms. The second-order valence-electron chi connectivity index (χ2n) is 9.91. The molecule has 2 atom stereocenters. The summed E-state index contributed by atoms with van der Waals surface area (Å²) in [5.41, 5.74) is 3.47. The molecule has 3 heterocycles. The van der Waals surface area contributed by atoms with Gasteiger partial charge in [0.25, 0.3) is 5.91 Å². The molecule has 0 bridgehead atoms. The highest BCUT2D eigenvalue weighted by atomic mass is 16.5. The van der Waals surface area contributed by atoms with E-state index in [-0.39, 0.29) is 11.8 Å². The van der Waals surface area contributed by atoms with Gasteiger partial charge in [-0.25, -0.2) is 0 Å². The number of rotatable bonds is 9. The number of aryl methyl sites for hydroxylation is 1. The number of aromatic nitrogens is 1. The van der Waals surface area contributed by atoms with E-state index in [0.29, 0.717) is 25.3 Å². The lowest BCUT2D eigenvalue weighted by Gasteiger charge is -2.41. The van der Waals surface area contributed by atoms with Crippen molar-refractivity contribution < 1.29 is 14.3 Å². The minimum atomic E-state index is -0.506. The molecule has 3 aromatic rings. The number of hydrogen-bond donors (Lipinski definition) is 1. The molecule has 2 aromatic carbocycles. The van der Waals surface area contributed by atoms with E-state index in [1.807, 2.05) is 48.3 Å². The number of nitrogens with zero attached hydrogens (tertiary/aromatic N) is 3. The number of fused-ring (bicyclic) bond motifs is 2. The van der Waals surface area contributed by atoms with Gasteiger partial charge in [0, 0.05) is 55.5 Å². The summed E-state index contributed by atoms with van der Waals surface area (Å²) in [6.45, 7) is 4.76. The van der Waals surface area contributed by atoms with Crippen LogP contribution >= 0.6 is 0 Å². The van der Waals surface area contributed by atoms with E-state index in [1.165, 1.54) is 12.8 Å². The number of ether oxygens (including phenoxy) is 1. The summed E-state index contributed by atoms with van der Waals surface area (Å²) in [4.78, 5) is 32.0. The van der Waals surface area contributed by atoms with Crippen molar-refractivity contribution in [3.63, 3.8) is 0 Å². The first-order valence-corrected chi connectivity index (χ1v) is 13.0. The molecular formula is C29H36N4O3. The van der Waals surface area contributed by atoms with Crippen LogP contribution in [0, 0.1) is 0 Å². The smallest absolute Gasteiger partial charge is 0.254 e. The first-order chi connectivity index (χ1) is 17.6. The Morgan fingerprint density at radius 1 is 1.03 bits per heavy atom. The molecule has 1 aromatic heterocycles. The number of benzene rings is 2. The van der Waals surface area contributed by atoms with Crippen molar-refractivity contribution in [3.8, 4) is 0 Å². The third-order valence-corrected chi connectivity index (χ3v) is 7.65. The molecule has 2 aliphatic rings. The molecule has 2 unspecified atom stereocenters. The fraction of sp³-hybridized carbons (Fsp3) is 0.448. The van der Waals surface area contributed by atoms with Crippen molar-refractivity contribution in [2.24, 2.45) is 7.05 Å². The summed E-state index contributed by atoms with van der Waals surface area (Å²) in [7, 11) is 3.65. The van der Waals surface area contributed by atoms with Crippen LogP contribution in [0.1, 0.15) is 52.7 Å². The first kappa shape index (κ1) is 24.5. The SMILES string of the molecule is COCCN1C(=O)c2ccccc2C(C(=O)NCCCN2CCCC2)C1c1cn(C)c2ccccc12. The Balaban J connectivity index is 1.52. The molecule has 2 aliphatic heterocycles. The molecule has 0 saturated carbocycles. The number of para-hydroxylation sites is 1. The number of methoxy groups -OCH3 is 1. The van der Waals surface area contributed by atoms with Gasteiger partial charge in [-0.2, -0.15) is 0 Å². The van der Waals surface area contributed by atoms with Crippen LogP contribution in [0.15, 0.2) is 54.7 Å². The molecule has 190 valence electrons. The van der Waals surface area contributed by atoms with Gasteiger partial charge >= 0.3 is 0 Å². The van der Waals surface area contributed by atoms with E-state index < -0.39 is 12.0 Å². The van der Waals surface area contributed by atoms with Gasteiger partial charge in [-0.15, -0.1) is 0 Å². The zero-order chi connectivity index (χ0) is 25.1. The number of likely N-dealkylation sites (tertiary alicyclic amines) is 1. The van der Waals surface area contributed by atoms with Crippen LogP contribution in [0.25, 0.3) is 10.9 Å². The Bertz CT molecular complexity index is 1230. The lowest BCUT2D eigenvalue weighted by molar-refractivity contribution is -0.124. The maximum Gasteiger partial charge on any atom is 0.254 e. The van der Waals surface area contributed by atoms with Crippen LogP contribution in [0.4, 0.5) is 0 Å². The molecule has 7 nitrogen and oxygen atoms in total. The topological polar surface area (TPSA) is 66.8 Å². The average Bonchev–Trinajstić information content (AvgIpc) is 3.54. The molecule has 1 saturated heterocycles. The standard InChI is InChI=1S/C29H36N4O3/c1-31-20-24(21-10-5-6-13-25(21)31)27-26(28(34)30-14-9-17-32-15-7-8-16-32)22-11-3-4-12-23(22)29(35)33(27)18-19-36-2/h3-6,10-13,20,26-27H,7-9,14-19H2,1-2H3,(H,30,34). The molecule has 0 spiro atoms. The van der Waals surface area contributed by atoms with Crippen LogP contribution < -0.4 is 5.32 Å². The molecular weight excluding hydrogens is 452 g/mol. The summed E-state index contributed by atoms with van der Waals surface area (Å²) < 4.78 is 7.46. The molecule has 1 fully saturated rings. The Morgan fingerprint density at radius 3 is 2.58 bits per heavy atom. The third-order valence-electron chi connectivity index (χ3n) is 7.65. The Hall–Kier alpha value is -3.16. The van der Waals surface area contributed by atoms with Crippen molar-refractivity contribution in [1.29, 1.82) is 0 Å². The lowest BCUT2D eigenvalue weighted by Crippen LogP contribution is -2.48. The van der Waals surface area contributed by atoms with Crippen molar-refractivity contribution in [1.82, 2.24) is 19.7 Å². The van der Waals surface area contributed by atoms with E-state index in [2.05, 4.69) is 33.1 Å². The largest absolute Gasteiger partial charge is 0.383 e. The summed E-state index contributed by atoms with van der Waals surface area (Å²) in [6.07, 6.45) is 5.53. The van der Waals surface area contributed by atoms with Crippen LogP contribution in [-0.4, -0.2) is 72.6 Å². The molecule has 2 amide bonds. The zero-order valence-electron chi connectivity index (χ0n) is 21.3. The number of amides is 2. The van der Waals surface area contributed by atoms with Crippen LogP contribution in [0.3, 0.4) is 0 Å². The fourth-order valence-electron chi connectivity index (χ4n) is 5.90. The molecule has 0 aliphatic carbocycles. The van der Waals surface area contributed by atoms with Gasteiger partial charge in [0.2, 0.25) is 5.91 Å². The monoisotopic (exact) mass is 488 g/mol. The fourth-order valence-corrected chi connectivity index (χ4v) is 5.90. The Labute approximate surface area is 213 Å².